The molecule has 0 saturated heterocycles. The number of benzene rings is 1. The second-order valence-corrected chi connectivity index (χ2v) is 3.47. The van der Waals surface area contributed by atoms with Crippen LogP contribution in [0, 0.1) is 0 Å². The number of aliphatic carboxylic acids is 1. The Morgan fingerprint density at radius 1 is 1.29 bits per heavy atom. The van der Waals surface area contributed by atoms with E-state index in [1.54, 1.807) is 5.32 Å². The first-order valence-electron chi connectivity index (χ1n) is 4.83. The molecule has 0 aliphatic heterocycles. The van der Waals surface area contributed by atoms with Crippen LogP contribution in [0.15, 0.2) is 30.3 Å². The number of rotatable bonds is 4. The van der Waals surface area contributed by atoms with E-state index in [0.29, 0.717) is 0 Å². The van der Waals surface area contributed by atoms with Crippen LogP contribution in [0.2, 0.25) is 0 Å². The summed E-state index contributed by atoms with van der Waals surface area (Å²) in [5.74, 6) is -6.74. The third-order valence-corrected chi connectivity index (χ3v) is 2.14. The second-order valence-electron chi connectivity index (χ2n) is 3.47. The Balaban J connectivity index is 2.84. The Hall–Kier alpha value is -1.98. The lowest BCUT2D eigenvalue weighted by Gasteiger charge is -2.18. The van der Waals surface area contributed by atoms with Gasteiger partial charge in [-0.15, -0.1) is 0 Å². The zero-order chi connectivity index (χ0) is 13.1. The highest BCUT2D eigenvalue weighted by Crippen LogP contribution is 2.27. The van der Waals surface area contributed by atoms with E-state index in [9.17, 15) is 18.4 Å². The van der Waals surface area contributed by atoms with Crippen LogP contribution < -0.4 is 5.32 Å². The first kappa shape index (κ1) is 13.1. The van der Waals surface area contributed by atoms with E-state index < -0.39 is 29.4 Å². The minimum atomic E-state index is -3.75. The van der Waals surface area contributed by atoms with Crippen molar-refractivity contribution in [3.63, 3.8) is 0 Å². The molecular weight excluding hydrogens is 232 g/mol. The molecule has 1 atom stereocenters. The molecule has 0 aromatic heterocycles. The van der Waals surface area contributed by atoms with E-state index in [0.717, 1.165) is 19.1 Å². The lowest BCUT2D eigenvalue weighted by atomic mass is 10.1. The van der Waals surface area contributed by atoms with E-state index in [1.807, 2.05) is 0 Å². The van der Waals surface area contributed by atoms with Crippen LogP contribution >= 0.6 is 0 Å². The summed E-state index contributed by atoms with van der Waals surface area (Å²) in [6.07, 6.45) is 0. The third-order valence-electron chi connectivity index (χ3n) is 2.14. The van der Waals surface area contributed by atoms with Gasteiger partial charge in [0.1, 0.15) is 6.04 Å². The summed E-state index contributed by atoms with van der Waals surface area (Å²) in [6, 6.07) is 5.12. The van der Waals surface area contributed by atoms with Gasteiger partial charge in [-0.1, -0.05) is 30.3 Å². The maximum atomic E-state index is 13.6. The second kappa shape index (κ2) is 4.90. The third kappa shape index (κ3) is 2.99. The van der Waals surface area contributed by atoms with Crippen LogP contribution in [0.25, 0.3) is 0 Å². The molecule has 0 aliphatic rings. The summed E-state index contributed by atoms with van der Waals surface area (Å²) < 4.78 is 27.1. The van der Waals surface area contributed by atoms with Gasteiger partial charge in [0.2, 0.25) is 0 Å². The van der Waals surface area contributed by atoms with E-state index in [4.69, 9.17) is 5.11 Å². The minimum Gasteiger partial charge on any atom is -0.480 e. The maximum absolute atomic E-state index is 13.6. The molecule has 1 aromatic carbocycles. The highest BCUT2D eigenvalue weighted by molar-refractivity contribution is 5.88. The van der Waals surface area contributed by atoms with Gasteiger partial charge in [0.05, 0.1) is 0 Å². The van der Waals surface area contributed by atoms with Gasteiger partial charge in [0.25, 0.3) is 5.91 Å². The molecule has 1 rings (SSSR count). The van der Waals surface area contributed by atoms with Crippen molar-refractivity contribution in [2.75, 3.05) is 0 Å². The quantitative estimate of drug-likeness (QED) is 0.839. The molecule has 0 spiro atoms. The van der Waals surface area contributed by atoms with Crippen molar-refractivity contribution in [1.29, 1.82) is 0 Å². The summed E-state index contributed by atoms with van der Waals surface area (Å²) in [4.78, 5) is 21.7. The Bertz CT molecular complexity index is 420. The molecule has 92 valence electrons. The van der Waals surface area contributed by atoms with Crippen molar-refractivity contribution in [2.45, 2.75) is 18.9 Å². The molecule has 1 amide bonds. The number of halogens is 2. The predicted octanol–water partition coefficient (Wildman–Crippen LogP) is 1.37. The van der Waals surface area contributed by atoms with E-state index >= 15 is 0 Å². The summed E-state index contributed by atoms with van der Waals surface area (Å²) in [7, 11) is 0. The van der Waals surface area contributed by atoms with Gasteiger partial charge in [-0.2, -0.15) is 8.78 Å². The normalized spacial score (nSPS) is 12.9. The van der Waals surface area contributed by atoms with Crippen molar-refractivity contribution in [3.8, 4) is 0 Å². The molecule has 0 fully saturated rings. The average Bonchev–Trinajstić information content (AvgIpc) is 2.29. The monoisotopic (exact) mass is 243 g/mol. The SMILES string of the molecule is CC(NC(=O)C(F)(F)c1ccccc1)C(=O)O. The number of carbonyl (C=O) groups excluding carboxylic acids is 1. The van der Waals surface area contributed by atoms with E-state index in [2.05, 4.69) is 0 Å². The van der Waals surface area contributed by atoms with Crippen molar-refractivity contribution in [3.05, 3.63) is 35.9 Å². The zero-order valence-electron chi connectivity index (χ0n) is 8.98. The highest BCUT2D eigenvalue weighted by Gasteiger charge is 2.41. The van der Waals surface area contributed by atoms with Gasteiger partial charge in [0, 0.05) is 5.56 Å². The smallest absolute Gasteiger partial charge is 0.349 e. The number of amides is 1. The minimum absolute atomic E-state index is 0.477. The Morgan fingerprint density at radius 3 is 2.29 bits per heavy atom. The highest BCUT2D eigenvalue weighted by atomic mass is 19.3. The lowest BCUT2D eigenvalue weighted by molar-refractivity contribution is -0.151. The summed E-state index contributed by atoms with van der Waals surface area (Å²) in [5, 5.41) is 10.2. The largest absolute Gasteiger partial charge is 0.480 e. The van der Waals surface area contributed by atoms with Crippen LogP contribution in [-0.2, 0) is 15.5 Å². The van der Waals surface area contributed by atoms with Crippen molar-refractivity contribution >= 4 is 11.9 Å². The molecule has 6 heteroatoms. The van der Waals surface area contributed by atoms with E-state index in [-0.39, 0.29) is 0 Å². The van der Waals surface area contributed by atoms with Crippen LogP contribution in [0.5, 0.6) is 0 Å². The fourth-order valence-electron chi connectivity index (χ4n) is 1.13. The predicted molar refractivity (Wildman–Crippen MR) is 55.6 cm³/mol. The molecule has 0 bridgehead atoms. The number of hydrogen-bond donors (Lipinski definition) is 2. The summed E-state index contributed by atoms with van der Waals surface area (Å²) >= 11 is 0. The molecule has 4 nitrogen and oxygen atoms in total. The molecule has 0 saturated carbocycles. The first-order valence-corrected chi connectivity index (χ1v) is 4.83. The molecule has 0 aliphatic carbocycles. The standard InChI is InChI=1S/C11H11F2NO3/c1-7(9(15)16)14-10(17)11(12,13)8-5-3-2-4-6-8/h2-7H,1H3,(H,14,17)(H,15,16). The number of hydrogen-bond acceptors (Lipinski definition) is 2. The molecule has 1 unspecified atom stereocenters. The Kier molecular flexibility index (Phi) is 3.77. The lowest BCUT2D eigenvalue weighted by Crippen LogP contribution is -2.45. The van der Waals surface area contributed by atoms with Gasteiger partial charge < -0.3 is 10.4 Å². The molecule has 0 heterocycles. The number of carboxylic acids is 1. The van der Waals surface area contributed by atoms with Crippen molar-refractivity contribution in [2.24, 2.45) is 0 Å². The van der Waals surface area contributed by atoms with Crippen molar-refractivity contribution in [1.82, 2.24) is 5.32 Å². The molecule has 2 N–H and O–H groups in total. The number of alkyl halides is 2. The van der Waals surface area contributed by atoms with Gasteiger partial charge in [-0.3, -0.25) is 9.59 Å². The van der Waals surface area contributed by atoms with Gasteiger partial charge in [-0.05, 0) is 6.92 Å². The average molecular weight is 243 g/mol. The van der Waals surface area contributed by atoms with Crippen LogP contribution in [0.4, 0.5) is 8.78 Å². The zero-order valence-corrected chi connectivity index (χ0v) is 8.98. The number of carbonyl (C=O) groups is 2. The van der Waals surface area contributed by atoms with Crippen LogP contribution in [0.1, 0.15) is 12.5 Å². The van der Waals surface area contributed by atoms with Gasteiger partial charge in [0.15, 0.2) is 0 Å². The Morgan fingerprint density at radius 2 is 1.82 bits per heavy atom. The Labute approximate surface area is 96.3 Å². The first-order chi connectivity index (χ1) is 7.85. The van der Waals surface area contributed by atoms with Gasteiger partial charge >= 0.3 is 11.9 Å². The molecule has 0 radical (unpaired) electrons. The number of nitrogens with one attached hydrogen (secondary N) is 1. The van der Waals surface area contributed by atoms with E-state index in [1.165, 1.54) is 18.2 Å². The van der Waals surface area contributed by atoms with Gasteiger partial charge in [-0.25, -0.2) is 0 Å². The number of carboxylic acid groups (broad SMARTS) is 1. The topological polar surface area (TPSA) is 66.4 Å². The van der Waals surface area contributed by atoms with Crippen LogP contribution in [-0.4, -0.2) is 23.0 Å². The molecular formula is C11H11F2NO3. The maximum Gasteiger partial charge on any atom is 0.349 e. The summed E-state index contributed by atoms with van der Waals surface area (Å²) in [6.45, 7) is 1.11. The molecule has 17 heavy (non-hydrogen) atoms. The fourth-order valence-corrected chi connectivity index (χ4v) is 1.13. The summed E-state index contributed by atoms with van der Waals surface area (Å²) in [5.41, 5.74) is -0.477. The molecule has 1 aromatic rings. The van der Waals surface area contributed by atoms with Crippen molar-refractivity contribution < 1.29 is 23.5 Å². The van der Waals surface area contributed by atoms with Crippen LogP contribution in [0.3, 0.4) is 0 Å². The fraction of sp³-hybridized carbons (Fsp3) is 0.273.